The Hall–Kier alpha value is -0.610. The molecule has 0 aromatic carbocycles. The molecule has 0 saturated carbocycles. The van der Waals surface area contributed by atoms with Crippen molar-refractivity contribution >= 4 is 28.9 Å². The molecule has 0 atom stereocenters. The number of rotatable bonds is 1. The van der Waals surface area contributed by atoms with Crippen molar-refractivity contribution in [2.75, 3.05) is 5.73 Å². The largest absolute Gasteiger partial charge is 0.397 e. The van der Waals surface area contributed by atoms with E-state index >= 15 is 0 Å². The van der Waals surface area contributed by atoms with E-state index in [0.717, 1.165) is 6.20 Å². The van der Waals surface area contributed by atoms with Crippen LogP contribution in [0.4, 0.5) is 14.5 Å². The van der Waals surface area contributed by atoms with E-state index in [1.165, 1.54) is 0 Å². The summed E-state index contributed by atoms with van der Waals surface area (Å²) in [5, 5.41) is -0.451. The van der Waals surface area contributed by atoms with Gasteiger partial charge in [0, 0.05) is 0 Å². The van der Waals surface area contributed by atoms with Crippen LogP contribution in [0.25, 0.3) is 0 Å². The lowest BCUT2D eigenvalue weighted by Gasteiger charge is -2.06. The lowest BCUT2D eigenvalue weighted by atomic mass is 10.2. The van der Waals surface area contributed by atoms with Gasteiger partial charge in [0.15, 0.2) is 0 Å². The zero-order valence-electron chi connectivity index (χ0n) is 5.69. The molecule has 12 heavy (non-hydrogen) atoms. The van der Waals surface area contributed by atoms with Gasteiger partial charge in [-0.1, -0.05) is 23.2 Å². The van der Waals surface area contributed by atoms with Crippen molar-refractivity contribution in [3.8, 4) is 0 Å². The Morgan fingerprint density at radius 1 is 1.42 bits per heavy atom. The van der Waals surface area contributed by atoms with Crippen LogP contribution in [0.5, 0.6) is 0 Å². The molecular weight excluding hydrogens is 209 g/mol. The molecule has 2 N–H and O–H groups in total. The zero-order valence-corrected chi connectivity index (χ0v) is 7.20. The molecule has 1 aromatic rings. The van der Waals surface area contributed by atoms with Gasteiger partial charge < -0.3 is 5.73 Å². The predicted molar refractivity (Wildman–Crippen MR) is 43.6 cm³/mol. The number of hydrogen-bond donors (Lipinski definition) is 1. The van der Waals surface area contributed by atoms with E-state index in [1.54, 1.807) is 0 Å². The Morgan fingerprint density at radius 2 is 2.00 bits per heavy atom. The highest BCUT2D eigenvalue weighted by molar-refractivity contribution is 6.41. The van der Waals surface area contributed by atoms with Crippen LogP contribution in [0.3, 0.4) is 0 Å². The summed E-state index contributed by atoms with van der Waals surface area (Å²) >= 11 is 10.8. The third-order valence-electron chi connectivity index (χ3n) is 1.26. The van der Waals surface area contributed by atoms with Crippen LogP contribution in [-0.4, -0.2) is 4.98 Å². The molecule has 1 rings (SSSR count). The fraction of sp³-hybridized carbons (Fsp3) is 0.167. The minimum atomic E-state index is -2.74. The number of nitrogen functional groups attached to an aromatic ring is 1. The average Bonchev–Trinajstić information content (AvgIpc) is 1.97. The summed E-state index contributed by atoms with van der Waals surface area (Å²) in [5.74, 6) is 0. The van der Waals surface area contributed by atoms with E-state index in [9.17, 15) is 8.78 Å². The third kappa shape index (κ3) is 1.59. The van der Waals surface area contributed by atoms with Gasteiger partial charge in [-0.2, -0.15) is 0 Å². The first kappa shape index (κ1) is 9.48. The van der Waals surface area contributed by atoms with Gasteiger partial charge in [0.05, 0.1) is 22.5 Å². The van der Waals surface area contributed by atoms with Crippen LogP contribution in [0.15, 0.2) is 6.20 Å². The molecule has 0 saturated heterocycles. The first-order chi connectivity index (χ1) is 5.54. The fourth-order valence-electron chi connectivity index (χ4n) is 0.712. The molecular formula is C6H4Cl2F2N2. The quantitative estimate of drug-likeness (QED) is 0.728. The maximum absolute atomic E-state index is 12.2. The molecule has 0 aliphatic heterocycles. The average molecular weight is 213 g/mol. The van der Waals surface area contributed by atoms with E-state index in [-0.39, 0.29) is 15.9 Å². The molecule has 0 unspecified atom stereocenters. The van der Waals surface area contributed by atoms with Crippen molar-refractivity contribution in [1.82, 2.24) is 4.98 Å². The number of hydrogen-bond acceptors (Lipinski definition) is 2. The SMILES string of the molecule is Nc1cnc(Cl)c(Cl)c1C(F)F. The number of nitrogens with zero attached hydrogens (tertiary/aromatic N) is 1. The van der Waals surface area contributed by atoms with Crippen LogP contribution in [0, 0.1) is 0 Å². The molecule has 66 valence electrons. The Morgan fingerprint density at radius 3 is 2.42 bits per heavy atom. The second-order valence-electron chi connectivity index (χ2n) is 2.03. The monoisotopic (exact) mass is 212 g/mol. The molecule has 0 radical (unpaired) electrons. The highest BCUT2D eigenvalue weighted by Gasteiger charge is 2.18. The highest BCUT2D eigenvalue weighted by Crippen LogP contribution is 2.34. The minimum absolute atomic E-state index is 0.153. The molecule has 6 heteroatoms. The van der Waals surface area contributed by atoms with Gasteiger partial charge in [0.2, 0.25) is 0 Å². The molecule has 0 fully saturated rings. The van der Waals surface area contributed by atoms with E-state index in [4.69, 9.17) is 28.9 Å². The number of pyridine rings is 1. The van der Waals surface area contributed by atoms with Crippen LogP contribution < -0.4 is 5.73 Å². The normalized spacial score (nSPS) is 10.8. The molecule has 0 aliphatic rings. The van der Waals surface area contributed by atoms with Crippen molar-refractivity contribution in [1.29, 1.82) is 0 Å². The predicted octanol–water partition coefficient (Wildman–Crippen LogP) is 2.91. The first-order valence-electron chi connectivity index (χ1n) is 2.91. The molecule has 1 heterocycles. The molecule has 0 bridgehead atoms. The van der Waals surface area contributed by atoms with Crippen molar-refractivity contribution in [3.63, 3.8) is 0 Å². The van der Waals surface area contributed by atoms with Crippen molar-refractivity contribution in [3.05, 3.63) is 21.9 Å². The second-order valence-corrected chi connectivity index (χ2v) is 2.77. The molecule has 0 aliphatic carbocycles. The maximum Gasteiger partial charge on any atom is 0.267 e. The second kappa shape index (κ2) is 3.41. The minimum Gasteiger partial charge on any atom is -0.397 e. The van der Waals surface area contributed by atoms with Gasteiger partial charge in [0.1, 0.15) is 5.15 Å². The van der Waals surface area contributed by atoms with Gasteiger partial charge >= 0.3 is 0 Å². The van der Waals surface area contributed by atoms with E-state index in [1.807, 2.05) is 0 Å². The van der Waals surface area contributed by atoms with Gasteiger partial charge in [-0.15, -0.1) is 0 Å². The van der Waals surface area contributed by atoms with Gasteiger partial charge in [-0.3, -0.25) is 0 Å². The number of anilines is 1. The molecule has 0 amide bonds. The van der Waals surface area contributed by atoms with Crippen molar-refractivity contribution in [2.24, 2.45) is 0 Å². The highest BCUT2D eigenvalue weighted by atomic mass is 35.5. The maximum atomic E-state index is 12.2. The number of nitrogens with two attached hydrogens (primary N) is 1. The lowest BCUT2D eigenvalue weighted by Crippen LogP contribution is -1.97. The summed E-state index contributed by atoms with van der Waals surface area (Å²) in [4.78, 5) is 3.50. The van der Waals surface area contributed by atoms with Crippen LogP contribution in [-0.2, 0) is 0 Å². The fourth-order valence-corrected chi connectivity index (χ4v) is 1.10. The van der Waals surface area contributed by atoms with Gasteiger partial charge in [-0.05, 0) is 0 Å². The topological polar surface area (TPSA) is 38.9 Å². The van der Waals surface area contributed by atoms with E-state index < -0.39 is 12.0 Å². The Balaban J connectivity index is 3.33. The Labute approximate surface area is 77.3 Å². The van der Waals surface area contributed by atoms with Crippen LogP contribution in [0.2, 0.25) is 10.2 Å². The number of alkyl halides is 2. The summed E-state index contributed by atoms with van der Waals surface area (Å²) < 4.78 is 24.4. The molecule has 2 nitrogen and oxygen atoms in total. The molecule has 1 aromatic heterocycles. The third-order valence-corrected chi connectivity index (χ3v) is 2.03. The molecule has 0 spiro atoms. The zero-order chi connectivity index (χ0) is 9.30. The van der Waals surface area contributed by atoms with Crippen LogP contribution in [0.1, 0.15) is 12.0 Å². The summed E-state index contributed by atoms with van der Waals surface area (Å²) in [7, 11) is 0. The van der Waals surface area contributed by atoms with Gasteiger partial charge in [-0.25, -0.2) is 13.8 Å². The summed E-state index contributed by atoms with van der Waals surface area (Å²) in [6.07, 6.45) is -1.69. The first-order valence-corrected chi connectivity index (χ1v) is 3.67. The Kier molecular flexibility index (Phi) is 2.69. The van der Waals surface area contributed by atoms with Crippen molar-refractivity contribution < 1.29 is 8.78 Å². The van der Waals surface area contributed by atoms with Crippen molar-refractivity contribution in [2.45, 2.75) is 6.43 Å². The summed E-state index contributed by atoms with van der Waals surface area (Å²) in [6, 6.07) is 0. The van der Waals surface area contributed by atoms with Gasteiger partial charge in [0.25, 0.3) is 6.43 Å². The summed E-state index contributed by atoms with van der Waals surface area (Å²) in [6.45, 7) is 0. The van der Waals surface area contributed by atoms with Crippen LogP contribution >= 0.6 is 23.2 Å². The number of halogens is 4. The number of aromatic nitrogens is 1. The van der Waals surface area contributed by atoms with E-state index in [0.29, 0.717) is 0 Å². The Bertz CT molecular complexity index is 304. The standard InChI is InChI=1S/C6H4Cl2F2N2/c7-4-3(6(9)10)2(11)1-12-5(4)8/h1,6H,11H2. The van der Waals surface area contributed by atoms with E-state index in [2.05, 4.69) is 4.98 Å². The lowest BCUT2D eigenvalue weighted by molar-refractivity contribution is 0.152. The summed E-state index contributed by atoms with van der Waals surface area (Å²) in [5.41, 5.74) is 4.59. The smallest absolute Gasteiger partial charge is 0.267 e.